The molecule has 0 radical (unpaired) electrons. The molecule has 688 valence electrons. The normalized spacial score (nSPS) is 11.8. The smallest absolute Gasteiger partial charge is 0.329 e. The molecule has 2 N–H and O–H groups in total. The second-order valence-corrected chi connectivity index (χ2v) is 36.2. The standard InChI is InChI=1S/C103H202N4O9/c1-9-17-25-33-45-61-77-95(78-62-46-34-26-18-10-2)113-99(108)85-69-53-41-57-73-90-106(91-74-58-42-54-70-86-100(109)114-96(79-63-47-35-27-19-11-3)80-64-48-36-28-20-12-4)94-89-104-103(112)105-107(92-75-59-43-55-71-87-101(110)115-97(81-65-49-37-29-21-13-5)82-66-50-38-30-22-14-6)93-76-60-44-56-72-88-102(111)116-98(83-67-51-39-31-23-15-7)84-68-52-40-32-24-16-8/h95-98H,9-94H2,1-8H3,(H2,104,105,112). The third-order valence-corrected chi connectivity index (χ3v) is 24.5. The van der Waals surface area contributed by atoms with Crippen LogP contribution < -0.4 is 10.7 Å². The van der Waals surface area contributed by atoms with E-state index in [9.17, 15) is 24.0 Å². The Hall–Kier alpha value is -2.93. The van der Waals surface area contributed by atoms with Gasteiger partial charge in [-0.3, -0.25) is 24.6 Å². The number of unbranched alkanes of at least 4 members (excludes halogenated alkanes) is 56. The molecule has 0 saturated heterocycles. The SMILES string of the molecule is CCCCCCCCC(CCCCCCCC)OC(=O)CCCCCCCN(CCCCCCCC(=O)OC(CCCCCCCC)CCCCCCCC)CCNC(=O)NN(CCCCCCCC(=O)OC(CCCCCCCC)CCCCCCCC)CCCCCCCC(=O)OC(CCCCCCCC)CCCCCCCC. The van der Waals surface area contributed by atoms with Gasteiger partial charge >= 0.3 is 29.9 Å². The molecule has 0 heterocycles. The van der Waals surface area contributed by atoms with Crippen LogP contribution in [-0.4, -0.2) is 104 Å². The highest BCUT2D eigenvalue weighted by Crippen LogP contribution is 2.25. The number of nitrogens with zero attached hydrogens (tertiary/aromatic N) is 2. The van der Waals surface area contributed by atoms with Crippen LogP contribution in [0.15, 0.2) is 0 Å². The molecule has 0 unspecified atom stereocenters. The molecule has 0 aliphatic heterocycles. The number of hydrazine groups is 1. The molecule has 0 bridgehead atoms. The molecule has 0 saturated carbocycles. The first kappa shape index (κ1) is 113. The van der Waals surface area contributed by atoms with Crippen molar-refractivity contribution in [1.29, 1.82) is 0 Å². The first-order chi connectivity index (χ1) is 57.0. The summed E-state index contributed by atoms with van der Waals surface area (Å²) in [5.41, 5.74) is 3.29. The fourth-order valence-electron chi connectivity index (χ4n) is 16.8. The quantitative estimate of drug-likeness (QED) is 0.0259. The van der Waals surface area contributed by atoms with Crippen molar-refractivity contribution < 1.29 is 42.9 Å². The van der Waals surface area contributed by atoms with Crippen molar-refractivity contribution in [2.75, 3.05) is 39.3 Å². The Labute approximate surface area is 722 Å². The van der Waals surface area contributed by atoms with Gasteiger partial charge in [-0.25, -0.2) is 9.80 Å². The number of esters is 4. The average molecular weight is 1640 g/mol. The number of amides is 2. The van der Waals surface area contributed by atoms with Crippen LogP contribution >= 0.6 is 0 Å². The van der Waals surface area contributed by atoms with Crippen molar-refractivity contribution in [1.82, 2.24) is 20.7 Å². The summed E-state index contributed by atoms with van der Waals surface area (Å²) >= 11 is 0. The van der Waals surface area contributed by atoms with Crippen molar-refractivity contribution in [2.24, 2.45) is 0 Å². The number of ether oxygens (including phenoxy) is 4. The van der Waals surface area contributed by atoms with Gasteiger partial charge in [0.1, 0.15) is 24.4 Å². The molecule has 2 amide bonds. The van der Waals surface area contributed by atoms with Crippen molar-refractivity contribution in [3.8, 4) is 0 Å². The maximum Gasteiger partial charge on any atom is 0.329 e. The van der Waals surface area contributed by atoms with Gasteiger partial charge in [0, 0.05) is 51.9 Å². The fraction of sp³-hybridized carbons (Fsp3) is 0.951. The Balaban J connectivity index is 6.03. The zero-order valence-electron chi connectivity index (χ0n) is 79.2. The average Bonchev–Trinajstić information content (AvgIpc) is 0.853. The Bertz CT molecular complexity index is 1850. The monoisotopic (exact) mass is 1640 g/mol. The topological polar surface area (TPSA) is 153 Å². The number of rotatable bonds is 96. The summed E-state index contributed by atoms with van der Waals surface area (Å²) in [6, 6.07) is -0.149. The van der Waals surface area contributed by atoms with Gasteiger partial charge in [0.15, 0.2) is 0 Å². The van der Waals surface area contributed by atoms with Crippen molar-refractivity contribution in [2.45, 2.75) is 593 Å². The molecule has 0 aliphatic rings. The Morgan fingerprint density at radius 1 is 0.207 bits per heavy atom. The van der Waals surface area contributed by atoms with E-state index in [4.69, 9.17) is 18.9 Å². The predicted octanol–water partition coefficient (Wildman–Crippen LogP) is 31.8. The van der Waals surface area contributed by atoms with Gasteiger partial charge < -0.3 is 29.2 Å². The lowest BCUT2D eigenvalue weighted by Gasteiger charge is -2.25. The second kappa shape index (κ2) is 92.8. The third kappa shape index (κ3) is 83.3. The van der Waals surface area contributed by atoms with Crippen molar-refractivity contribution in [3.63, 3.8) is 0 Å². The highest BCUT2D eigenvalue weighted by molar-refractivity contribution is 5.73. The first-order valence-electron chi connectivity index (χ1n) is 52.3. The minimum Gasteiger partial charge on any atom is -0.462 e. The van der Waals surface area contributed by atoms with Crippen LogP contribution in [0.1, 0.15) is 569 Å². The predicted molar refractivity (Wildman–Crippen MR) is 499 cm³/mol. The number of urea groups is 1. The first-order valence-corrected chi connectivity index (χ1v) is 52.3. The minimum absolute atomic E-state index is 0.00538. The van der Waals surface area contributed by atoms with E-state index >= 15 is 0 Å². The van der Waals surface area contributed by atoms with E-state index in [0.29, 0.717) is 32.2 Å². The van der Waals surface area contributed by atoms with Crippen LogP contribution in [0.3, 0.4) is 0 Å². The molecule has 116 heavy (non-hydrogen) atoms. The molecule has 0 rings (SSSR count). The van der Waals surface area contributed by atoms with E-state index in [0.717, 1.165) is 264 Å². The van der Waals surface area contributed by atoms with E-state index in [1.54, 1.807) is 0 Å². The summed E-state index contributed by atoms with van der Waals surface area (Å²) < 4.78 is 24.8. The van der Waals surface area contributed by atoms with E-state index in [1.807, 2.05) is 0 Å². The number of nitrogens with one attached hydrogen (secondary N) is 2. The number of hydrogen-bond acceptors (Lipinski definition) is 11. The van der Waals surface area contributed by atoms with Crippen molar-refractivity contribution in [3.05, 3.63) is 0 Å². The Kier molecular flexibility index (Phi) is 90.4. The zero-order valence-corrected chi connectivity index (χ0v) is 79.2. The maximum atomic E-state index is 14.0. The van der Waals surface area contributed by atoms with Crippen LogP contribution in [0.2, 0.25) is 0 Å². The van der Waals surface area contributed by atoms with Gasteiger partial charge in [-0.1, -0.05) is 389 Å². The van der Waals surface area contributed by atoms with Gasteiger partial charge in [-0.15, -0.1) is 0 Å². The minimum atomic E-state index is -0.149. The van der Waals surface area contributed by atoms with Crippen LogP contribution in [0.5, 0.6) is 0 Å². The molecule has 13 heteroatoms. The number of carbonyl (C=O) groups is 5. The molecule has 0 aromatic heterocycles. The maximum absolute atomic E-state index is 14.0. The summed E-state index contributed by atoms with van der Waals surface area (Å²) in [5, 5.41) is 5.41. The van der Waals surface area contributed by atoms with E-state index in [-0.39, 0.29) is 54.3 Å². The van der Waals surface area contributed by atoms with Crippen LogP contribution in [0.4, 0.5) is 4.79 Å². The third-order valence-electron chi connectivity index (χ3n) is 24.5. The summed E-state index contributed by atoms with van der Waals surface area (Å²) in [7, 11) is 0. The summed E-state index contributed by atoms with van der Waals surface area (Å²) in [4.78, 5) is 69.6. The lowest BCUT2D eigenvalue weighted by atomic mass is 10.0. The fourth-order valence-corrected chi connectivity index (χ4v) is 16.8. The van der Waals surface area contributed by atoms with Gasteiger partial charge in [-0.05, 0) is 167 Å². The molecule has 0 spiro atoms. The Morgan fingerprint density at radius 3 is 0.586 bits per heavy atom. The second-order valence-electron chi connectivity index (χ2n) is 36.2. The highest BCUT2D eigenvalue weighted by atomic mass is 16.6. The van der Waals surface area contributed by atoms with Crippen LogP contribution in [0.25, 0.3) is 0 Å². The lowest BCUT2D eigenvalue weighted by molar-refractivity contribution is -0.151. The Morgan fingerprint density at radius 2 is 0.379 bits per heavy atom. The van der Waals surface area contributed by atoms with Gasteiger partial charge in [0.25, 0.3) is 0 Å². The zero-order chi connectivity index (χ0) is 84.4. The molecular weight excluding hydrogens is 1440 g/mol. The van der Waals surface area contributed by atoms with E-state index in [1.165, 1.54) is 257 Å². The van der Waals surface area contributed by atoms with E-state index < -0.39 is 0 Å². The van der Waals surface area contributed by atoms with E-state index in [2.05, 4.69) is 76.0 Å². The molecule has 0 aliphatic carbocycles. The molecular formula is C103H202N4O9. The summed E-state index contributed by atoms with van der Waals surface area (Å²) in [6.45, 7) is 23.0. The van der Waals surface area contributed by atoms with Gasteiger partial charge in [0.2, 0.25) is 0 Å². The number of carbonyl (C=O) groups excluding carboxylic acids is 5. The lowest BCUT2D eigenvalue weighted by Crippen LogP contribution is -2.49. The van der Waals surface area contributed by atoms with Crippen LogP contribution in [0, 0.1) is 0 Å². The van der Waals surface area contributed by atoms with Gasteiger partial charge in [0.05, 0.1) is 0 Å². The molecule has 13 nitrogen and oxygen atoms in total. The molecule has 0 fully saturated rings. The highest BCUT2D eigenvalue weighted by Gasteiger charge is 2.20. The van der Waals surface area contributed by atoms with Crippen LogP contribution in [-0.2, 0) is 38.1 Å². The summed E-state index contributed by atoms with van der Waals surface area (Å²) in [6.07, 6.45) is 90.7. The van der Waals surface area contributed by atoms with Gasteiger partial charge in [-0.2, -0.15) is 0 Å². The van der Waals surface area contributed by atoms with Crippen molar-refractivity contribution >= 4 is 29.9 Å². The largest absolute Gasteiger partial charge is 0.462 e. The molecule has 0 aromatic rings. The number of hydrogen-bond donors (Lipinski definition) is 2. The summed E-state index contributed by atoms with van der Waals surface area (Å²) in [5.74, 6) is -0.0518. The molecule has 0 atom stereocenters. The molecule has 0 aromatic carbocycles.